The summed E-state index contributed by atoms with van der Waals surface area (Å²) >= 11 is 1.51. The number of fused-ring (bicyclic) bond motifs is 1. The molecule has 0 bridgehead atoms. The molecule has 2 saturated heterocycles. The molecule has 1 atom stereocenters. The first-order chi connectivity index (χ1) is 16.5. The first kappa shape index (κ1) is 22.6. The average molecular weight is 476 g/mol. The lowest BCUT2D eigenvalue weighted by Gasteiger charge is -2.39. The van der Waals surface area contributed by atoms with E-state index in [1.807, 2.05) is 76.2 Å². The molecule has 6 nitrogen and oxygen atoms in total. The third kappa shape index (κ3) is 4.44. The van der Waals surface area contributed by atoms with Crippen molar-refractivity contribution in [3.05, 3.63) is 69.9 Å². The Morgan fingerprint density at radius 2 is 1.53 bits per heavy atom. The SMILES string of the molecule is Cc1ccc(C(=O)N2CCN(C(=O)C3CCCN(C(=O)c4cccc5ccccc45)C3)CC2)s1. The van der Waals surface area contributed by atoms with Gasteiger partial charge >= 0.3 is 0 Å². The molecule has 0 N–H and O–H groups in total. The second-order valence-corrected chi connectivity index (χ2v) is 10.4. The molecule has 2 fully saturated rings. The lowest BCUT2D eigenvalue weighted by Crippen LogP contribution is -2.54. The predicted octanol–water partition coefficient (Wildman–Crippen LogP) is 4.05. The number of nitrogens with zero attached hydrogens (tertiary/aromatic N) is 3. The number of thiophene rings is 1. The van der Waals surface area contributed by atoms with E-state index in [1.54, 1.807) is 0 Å². The Morgan fingerprint density at radius 1 is 0.794 bits per heavy atom. The molecular formula is C27H29N3O3S. The first-order valence-electron chi connectivity index (χ1n) is 11.9. The number of piperidine rings is 1. The van der Waals surface area contributed by atoms with Gasteiger partial charge in [-0.1, -0.05) is 36.4 Å². The number of hydrogen-bond acceptors (Lipinski definition) is 4. The van der Waals surface area contributed by atoms with Crippen LogP contribution >= 0.6 is 11.3 Å². The van der Waals surface area contributed by atoms with Crippen LogP contribution in [0, 0.1) is 12.8 Å². The smallest absolute Gasteiger partial charge is 0.264 e. The van der Waals surface area contributed by atoms with Crippen LogP contribution in [0.3, 0.4) is 0 Å². The summed E-state index contributed by atoms with van der Waals surface area (Å²) in [7, 11) is 0. The van der Waals surface area contributed by atoms with Gasteiger partial charge in [0.2, 0.25) is 5.91 Å². The standard InChI is InChI=1S/C27H29N3O3S/c1-19-11-12-24(34-19)27(33)29-16-14-28(15-17-29)25(31)21-8-5-13-30(18-21)26(32)23-10-4-7-20-6-2-3-9-22(20)23/h2-4,6-7,9-12,21H,5,8,13-18H2,1H3. The fourth-order valence-corrected chi connectivity index (χ4v) is 5.87. The van der Waals surface area contributed by atoms with E-state index in [2.05, 4.69) is 0 Å². The van der Waals surface area contributed by atoms with Gasteiger partial charge in [0, 0.05) is 49.7 Å². The molecule has 2 aromatic carbocycles. The number of aryl methyl sites for hydroxylation is 1. The molecule has 0 aliphatic carbocycles. The zero-order valence-electron chi connectivity index (χ0n) is 19.4. The lowest BCUT2D eigenvalue weighted by atomic mass is 9.95. The van der Waals surface area contributed by atoms with Gasteiger partial charge in [-0.2, -0.15) is 0 Å². The Morgan fingerprint density at radius 3 is 2.29 bits per heavy atom. The fraction of sp³-hybridized carbons (Fsp3) is 0.370. The normalized spacial score (nSPS) is 18.9. The molecule has 3 amide bonds. The number of likely N-dealkylation sites (tertiary alicyclic amines) is 1. The van der Waals surface area contributed by atoms with Gasteiger partial charge in [-0.25, -0.2) is 0 Å². The van der Waals surface area contributed by atoms with Gasteiger partial charge < -0.3 is 14.7 Å². The van der Waals surface area contributed by atoms with E-state index in [4.69, 9.17) is 0 Å². The number of rotatable bonds is 3. The van der Waals surface area contributed by atoms with Gasteiger partial charge in [0.1, 0.15) is 0 Å². The van der Waals surface area contributed by atoms with Crippen molar-refractivity contribution in [3.63, 3.8) is 0 Å². The maximum atomic E-state index is 13.4. The van der Waals surface area contributed by atoms with Crippen molar-refractivity contribution in [2.75, 3.05) is 39.3 Å². The van der Waals surface area contributed by atoms with Crippen LogP contribution in [0.1, 0.15) is 37.7 Å². The second kappa shape index (κ2) is 9.58. The summed E-state index contributed by atoms with van der Waals surface area (Å²) in [6.45, 7) is 5.31. The average Bonchev–Trinajstić information content (AvgIpc) is 3.33. The van der Waals surface area contributed by atoms with Crippen molar-refractivity contribution in [2.45, 2.75) is 19.8 Å². The van der Waals surface area contributed by atoms with Crippen LogP contribution in [0.15, 0.2) is 54.6 Å². The topological polar surface area (TPSA) is 60.9 Å². The summed E-state index contributed by atoms with van der Waals surface area (Å²) in [6.07, 6.45) is 1.62. The van der Waals surface area contributed by atoms with Gasteiger partial charge in [-0.3, -0.25) is 14.4 Å². The van der Waals surface area contributed by atoms with Crippen LogP contribution in [0.25, 0.3) is 10.8 Å². The van der Waals surface area contributed by atoms with E-state index in [0.29, 0.717) is 44.8 Å². The maximum absolute atomic E-state index is 13.4. The quantitative estimate of drug-likeness (QED) is 0.574. The van der Waals surface area contributed by atoms with Gasteiger partial charge in [-0.05, 0) is 48.7 Å². The highest BCUT2D eigenvalue weighted by Crippen LogP contribution is 2.25. The van der Waals surface area contributed by atoms with Crippen molar-refractivity contribution in [1.82, 2.24) is 14.7 Å². The number of hydrogen-bond donors (Lipinski definition) is 0. The third-order valence-corrected chi connectivity index (χ3v) is 7.90. The molecule has 0 spiro atoms. The fourth-order valence-electron chi connectivity index (χ4n) is 5.04. The van der Waals surface area contributed by atoms with Crippen LogP contribution in [0.5, 0.6) is 0 Å². The van der Waals surface area contributed by atoms with Crippen LogP contribution < -0.4 is 0 Å². The van der Waals surface area contributed by atoms with E-state index < -0.39 is 0 Å². The van der Waals surface area contributed by atoms with Crippen molar-refractivity contribution < 1.29 is 14.4 Å². The number of carbonyl (C=O) groups excluding carboxylic acids is 3. The van der Waals surface area contributed by atoms with E-state index in [0.717, 1.165) is 33.4 Å². The van der Waals surface area contributed by atoms with Crippen molar-refractivity contribution in [1.29, 1.82) is 0 Å². The minimum absolute atomic E-state index is 0.00374. The van der Waals surface area contributed by atoms with E-state index >= 15 is 0 Å². The number of carbonyl (C=O) groups is 3. The summed E-state index contributed by atoms with van der Waals surface area (Å²) in [5, 5.41) is 1.99. The Bertz CT molecular complexity index is 1220. The lowest BCUT2D eigenvalue weighted by molar-refractivity contribution is -0.138. The molecule has 0 saturated carbocycles. The van der Waals surface area contributed by atoms with Crippen molar-refractivity contribution in [2.24, 2.45) is 5.92 Å². The molecular weight excluding hydrogens is 446 g/mol. The van der Waals surface area contributed by atoms with Gasteiger partial charge in [0.05, 0.1) is 10.8 Å². The minimum atomic E-state index is -0.185. The molecule has 7 heteroatoms. The summed E-state index contributed by atoms with van der Waals surface area (Å²) in [5.41, 5.74) is 0.696. The molecule has 2 aliphatic heterocycles. The van der Waals surface area contributed by atoms with Gasteiger partial charge in [0.15, 0.2) is 0 Å². The number of benzene rings is 2. The Balaban J connectivity index is 1.21. The van der Waals surface area contributed by atoms with Crippen LogP contribution in [0.4, 0.5) is 0 Å². The van der Waals surface area contributed by atoms with E-state index in [-0.39, 0.29) is 23.6 Å². The highest BCUT2D eigenvalue weighted by molar-refractivity contribution is 7.13. The summed E-state index contributed by atoms with van der Waals surface area (Å²) in [4.78, 5) is 46.8. The largest absolute Gasteiger partial charge is 0.339 e. The molecule has 3 heterocycles. The van der Waals surface area contributed by atoms with E-state index in [1.165, 1.54) is 11.3 Å². The third-order valence-electron chi connectivity index (χ3n) is 6.91. The number of amides is 3. The molecule has 2 aliphatic rings. The predicted molar refractivity (Wildman–Crippen MR) is 134 cm³/mol. The highest BCUT2D eigenvalue weighted by atomic mass is 32.1. The van der Waals surface area contributed by atoms with Crippen LogP contribution in [-0.2, 0) is 4.79 Å². The van der Waals surface area contributed by atoms with Crippen LogP contribution in [-0.4, -0.2) is 71.7 Å². The summed E-state index contributed by atoms with van der Waals surface area (Å²) in [5.74, 6) is -0.0324. The van der Waals surface area contributed by atoms with Crippen molar-refractivity contribution >= 4 is 39.8 Å². The molecule has 1 aromatic heterocycles. The Hall–Kier alpha value is -3.19. The van der Waals surface area contributed by atoms with Crippen LogP contribution in [0.2, 0.25) is 0 Å². The Labute approximate surface area is 203 Å². The van der Waals surface area contributed by atoms with Gasteiger partial charge in [0.25, 0.3) is 11.8 Å². The van der Waals surface area contributed by atoms with E-state index in [9.17, 15) is 14.4 Å². The Kier molecular flexibility index (Phi) is 6.37. The molecule has 1 unspecified atom stereocenters. The minimum Gasteiger partial charge on any atom is -0.339 e. The van der Waals surface area contributed by atoms with Gasteiger partial charge in [-0.15, -0.1) is 11.3 Å². The van der Waals surface area contributed by atoms with Crippen molar-refractivity contribution in [3.8, 4) is 0 Å². The maximum Gasteiger partial charge on any atom is 0.264 e. The zero-order chi connectivity index (χ0) is 23.7. The molecule has 0 radical (unpaired) electrons. The highest BCUT2D eigenvalue weighted by Gasteiger charge is 2.34. The molecule has 34 heavy (non-hydrogen) atoms. The summed E-state index contributed by atoms with van der Waals surface area (Å²) in [6, 6.07) is 17.6. The molecule has 5 rings (SSSR count). The monoisotopic (exact) mass is 475 g/mol. The number of piperazine rings is 1. The molecule has 3 aromatic rings. The molecule has 176 valence electrons. The summed E-state index contributed by atoms with van der Waals surface area (Å²) < 4.78 is 0. The zero-order valence-corrected chi connectivity index (χ0v) is 20.2. The second-order valence-electron chi connectivity index (χ2n) is 9.14. The first-order valence-corrected chi connectivity index (χ1v) is 12.7.